The topological polar surface area (TPSA) is 76.2 Å². The monoisotopic (exact) mass is 291 g/mol. The van der Waals surface area contributed by atoms with Crippen molar-refractivity contribution >= 4 is 17.5 Å². The van der Waals surface area contributed by atoms with Gasteiger partial charge in [-0.1, -0.05) is 0 Å². The van der Waals surface area contributed by atoms with Crippen LogP contribution in [0.3, 0.4) is 0 Å². The van der Waals surface area contributed by atoms with Crippen molar-refractivity contribution in [2.24, 2.45) is 12.8 Å². The summed E-state index contributed by atoms with van der Waals surface area (Å²) in [5, 5.41) is 2.96. The van der Waals surface area contributed by atoms with Crippen molar-refractivity contribution in [1.29, 1.82) is 0 Å². The predicted molar refractivity (Wildman–Crippen MR) is 79.8 cm³/mol. The molecule has 0 aliphatic heterocycles. The number of benzene rings is 1. The van der Waals surface area contributed by atoms with Crippen molar-refractivity contribution in [3.8, 4) is 0 Å². The van der Waals surface area contributed by atoms with Gasteiger partial charge < -0.3 is 20.5 Å². The van der Waals surface area contributed by atoms with Crippen LogP contribution in [0.1, 0.15) is 16.1 Å². The molecule has 1 aromatic carbocycles. The van der Waals surface area contributed by atoms with Crippen LogP contribution in [0.15, 0.2) is 24.4 Å². The van der Waals surface area contributed by atoms with Gasteiger partial charge in [-0.15, -0.1) is 0 Å². The molecule has 0 radical (unpaired) electrons. The molecule has 0 atom stereocenters. The first-order valence-corrected chi connectivity index (χ1v) is 6.41. The van der Waals surface area contributed by atoms with Gasteiger partial charge in [0.05, 0.1) is 24.1 Å². The summed E-state index contributed by atoms with van der Waals surface area (Å²) in [6, 6.07) is 3.98. The summed E-state index contributed by atoms with van der Waals surface area (Å²) < 4.78 is 15.6. The molecule has 1 amide bonds. The molecule has 0 fully saturated rings. The van der Waals surface area contributed by atoms with Crippen LogP contribution in [0, 0.1) is 5.82 Å². The number of nitrogens with two attached hydrogens (primary N) is 1. The second kappa shape index (κ2) is 5.82. The minimum Gasteiger partial charge on any atom is -0.377 e. The Morgan fingerprint density at radius 3 is 2.76 bits per heavy atom. The van der Waals surface area contributed by atoms with Crippen LogP contribution in [0.2, 0.25) is 0 Å². The van der Waals surface area contributed by atoms with E-state index in [1.807, 2.05) is 30.6 Å². The van der Waals surface area contributed by atoms with Crippen molar-refractivity contribution in [2.45, 2.75) is 6.54 Å². The maximum atomic E-state index is 13.7. The number of halogens is 1. The number of hydrogen-bond acceptors (Lipinski definition) is 4. The summed E-state index contributed by atoms with van der Waals surface area (Å²) in [4.78, 5) is 17.3. The Morgan fingerprint density at radius 2 is 2.19 bits per heavy atom. The summed E-state index contributed by atoms with van der Waals surface area (Å²) in [5.41, 5.74) is 6.58. The number of amides is 1. The number of nitrogens with zero attached hydrogens (tertiary/aromatic N) is 3. The van der Waals surface area contributed by atoms with E-state index < -0.39 is 11.7 Å². The highest BCUT2D eigenvalue weighted by Gasteiger charge is 2.10. The normalized spacial score (nSPS) is 10.5. The van der Waals surface area contributed by atoms with E-state index >= 15 is 0 Å². The first kappa shape index (κ1) is 14.8. The molecule has 21 heavy (non-hydrogen) atoms. The van der Waals surface area contributed by atoms with Crippen molar-refractivity contribution in [3.05, 3.63) is 41.5 Å². The SMILES string of the molecule is CN(C)c1ncc(CNc2cc(C(N)=O)ccc2F)n1C. The van der Waals surface area contributed by atoms with Crippen molar-refractivity contribution < 1.29 is 9.18 Å². The molecular weight excluding hydrogens is 273 g/mol. The molecule has 112 valence electrons. The lowest BCUT2D eigenvalue weighted by atomic mass is 10.2. The van der Waals surface area contributed by atoms with Crippen LogP contribution in [0.5, 0.6) is 0 Å². The highest BCUT2D eigenvalue weighted by Crippen LogP contribution is 2.18. The summed E-state index contributed by atoms with van der Waals surface area (Å²) in [6.45, 7) is 0.385. The second-order valence-electron chi connectivity index (χ2n) is 4.92. The van der Waals surface area contributed by atoms with Gasteiger partial charge in [-0.05, 0) is 18.2 Å². The second-order valence-corrected chi connectivity index (χ2v) is 4.92. The van der Waals surface area contributed by atoms with Gasteiger partial charge >= 0.3 is 0 Å². The molecule has 0 bridgehead atoms. The van der Waals surface area contributed by atoms with Crippen LogP contribution in [0.4, 0.5) is 16.0 Å². The molecule has 2 rings (SSSR count). The molecule has 0 unspecified atom stereocenters. The van der Waals surface area contributed by atoms with Crippen LogP contribution in [0.25, 0.3) is 0 Å². The van der Waals surface area contributed by atoms with E-state index in [-0.39, 0.29) is 11.3 Å². The fourth-order valence-corrected chi connectivity index (χ4v) is 2.01. The Bertz CT molecular complexity index is 665. The zero-order valence-electron chi connectivity index (χ0n) is 12.2. The molecule has 0 spiro atoms. The molecule has 0 saturated heterocycles. The predicted octanol–water partition coefficient (Wildman–Crippen LogP) is 1.34. The molecule has 3 N–H and O–H groups in total. The quantitative estimate of drug-likeness (QED) is 0.871. The van der Waals surface area contributed by atoms with E-state index in [1.54, 1.807) is 6.20 Å². The number of carbonyl (C=O) groups is 1. The van der Waals surface area contributed by atoms with Gasteiger partial charge in [0, 0.05) is 26.7 Å². The van der Waals surface area contributed by atoms with Gasteiger partial charge in [-0.2, -0.15) is 0 Å². The van der Waals surface area contributed by atoms with E-state index in [1.165, 1.54) is 18.2 Å². The number of rotatable bonds is 5. The Kier molecular flexibility index (Phi) is 4.11. The average molecular weight is 291 g/mol. The van der Waals surface area contributed by atoms with Crippen molar-refractivity contribution in [2.75, 3.05) is 24.3 Å². The Hall–Kier alpha value is -2.57. The van der Waals surface area contributed by atoms with Gasteiger partial charge in [-0.25, -0.2) is 9.37 Å². The summed E-state index contributed by atoms with van der Waals surface area (Å²) in [6.07, 6.45) is 1.72. The highest BCUT2D eigenvalue weighted by molar-refractivity contribution is 5.93. The number of imidazole rings is 1. The van der Waals surface area contributed by atoms with Crippen molar-refractivity contribution in [3.63, 3.8) is 0 Å². The molecule has 7 heteroatoms. The fraction of sp³-hybridized carbons (Fsp3) is 0.286. The molecule has 0 saturated carbocycles. The van der Waals surface area contributed by atoms with E-state index in [4.69, 9.17) is 5.73 Å². The third-order valence-electron chi connectivity index (χ3n) is 3.17. The van der Waals surface area contributed by atoms with Crippen LogP contribution in [-0.4, -0.2) is 29.6 Å². The number of nitrogens with one attached hydrogen (secondary N) is 1. The first-order valence-electron chi connectivity index (χ1n) is 6.41. The van der Waals surface area contributed by atoms with E-state index in [2.05, 4.69) is 10.3 Å². The van der Waals surface area contributed by atoms with Crippen molar-refractivity contribution in [1.82, 2.24) is 9.55 Å². The minimum atomic E-state index is -0.589. The Labute approximate surface area is 122 Å². The van der Waals surface area contributed by atoms with Gasteiger partial charge in [-0.3, -0.25) is 4.79 Å². The lowest BCUT2D eigenvalue weighted by Gasteiger charge is -2.13. The maximum absolute atomic E-state index is 13.7. The molecule has 1 aromatic heterocycles. The average Bonchev–Trinajstić information content (AvgIpc) is 2.79. The number of aromatic nitrogens is 2. The van der Waals surface area contributed by atoms with E-state index in [0.717, 1.165) is 11.6 Å². The largest absolute Gasteiger partial charge is 0.377 e. The van der Waals surface area contributed by atoms with E-state index in [9.17, 15) is 9.18 Å². The Morgan fingerprint density at radius 1 is 1.48 bits per heavy atom. The van der Waals surface area contributed by atoms with Crippen LogP contribution < -0.4 is 16.0 Å². The zero-order chi connectivity index (χ0) is 15.6. The van der Waals surface area contributed by atoms with Crippen LogP contribution >= 0.6 is 0 Å². The molecule has 6 nitrogen and oxygen atoms in total. The smallest absolute Gasteiger partial charge is 0.248 e. The lowest BCUT2D eigenvalue weighted by molar-refractivity contribution is 0.100. The molecule has 2 aromatic rings. The highest BCUT2D eigenvalue weighted by atomic mass is 19.1. The maximum Gasteiger partial charge on any atom is 0.248 e. The van der Waals surface area contributed by atoms with E-state index in [0.29, 0.717) is 6.54 Å². The van der Waals surface area contributed by atoms with Gasteiger partial charge in [0.1, 0.15) is 5.82 Å². The number of hydrogen-bond donors (Lipinski definition) is 2. The molecular formula is C14H18FN5O. The summed E-state index contributed by atoms with van der Waals surface area (Å²) >= 11 is 0. The summed E-state index contributed by atoms with van der Waals surface area (Å²) in [7, 11) is 5.68. The standard InChI is InChI=1S/C14H18FN5O/c1-19(2)14-18-8-10(20(14)3)7-17-12-6-9(13(16)21)4-5-11(12)15/h4-6,8,17H,7H2,1-3H3,(H2,16,21). The fourth-order valence-electron chi connectivity index (χ4n) is 2.01. The number of primary amides is 1. The van der Waals surface area contributed by atoms with Gasteiger partial charge in [0.2, 0.25) is 11.9 Å². The Balaban J connectivity index is 2.16. The lowest BCUT2D eigenvalue weighted by Crippen LogP contribution is -2.15. The third-order valence-corrected chi connectivity index (χ3v) is 3.17. The minimum absolute atomic E-state index is 0.235. The van der Waals surface area contributed by atoms with Gasteiger partial charge in [0.15, 0.2) is 0 Å². The summed E-state index contributed by atoms with van der Waals surface area (Å²) in [5.74, 6) is -0.221. The molecule has 1 heterocycles. The number of carbonyl (C=O) groups excluding carboxylic acids is 1. The first-order chi connectivity index (χ1) is 9.90. The molecule has 0 aliphatic carbocycles. The third kappa shape index (κ3) is 3.13. The zero-order valence-corrected chi connectivity index (χ0v) is 12.2. The molecule has 0 aliphatic rings. The van der Waals surface area contributed by atoms with Gasteiger partial charge in [0.25, 0.3) is 0 Å². The van der Waals surface area contributed by atoms with Crippen LogP contribution in [-0.2, 0) is 13.6 Å². The number of anilines is 2.